The molecule has 8 heteroatoms. The molecule has 2 heterocycles. The maximum atomic E-state index is 12.0. The number of phenolic OH excluding ortho intramolecular Hbond substituents is 1. The van der Waals surface area contributed by atoms with E-state index in [2.05, 4.69) is 15.3 Å². The second kappa shape index (κ2) is 6.55. The fraction of sp³-hybridized carbons (Fsp3) is 0. The second-order valence-corrected chi connectivity index (χ2v) is 5.81. The first-order chi connectivity index (χ1) is 11.5. The first-order valence-electron chi connectivity index (χ1n) is 6.79. The average molecular weight is 341 g/mol. The van der Waals surface area contributed by atoms with Crippen molar-refractivity contribution in [3.05, 3.63) is 58.8 Å². The molecule has 7 nitrogen and oxygen atoms in total. The largest absolute Gasteiger partial charge is 0.508 e. The summed E-state index contributed by atoms with van der Waals surface area (Å²) < 4.78 is 0. The number of carboxylic acid groups (broad SMARTS) is 1. The van der Waals surface area contributed by atoms with Crippen molar-refractivity contribution in [3.63, 3.8) is 0 Å². The van der Waals surface area contributed by atoms with E-state index < -0.39 is 5.97 Å². The number of carbonyl (C=O) groups excluding carboxylic acids is 1. The number of carbonyl (C=O) groups is 2. The number of thioether (sulfide) groups is 1. The number of carboxylic acids is 1. The summed E-state index contributed by atoms with van der Waals surface area (Å²) in [5, 5.41) is 21.4. The summed E-state index contributed by atoms with van der Waals surface area (Å²) in [4.78, 5) is 31.8. The number of aliphatic imine (C=N–C) groups is 1. The second-order valence-electron chi connectivity index (χ2n) is 4.77. The van der Waals surface area contributed by atoms with E-state index in [1.165, 1.54) is 12.1 Å². The lowest BCUT2D eigenvalue weighted by molar-refractivity contribution is -0.115. The number of nitrogens with zero attached hydrogens (tertiary/aromatic N) is 2. The third kappa shape index (κ3) is 3.44. The van der Waals surface area contributed by atoms with Crippen molar-refractivity contribution in [2.24, 2.45) is 4.99 Å². The minimum Gasteiger partial charge on any atom is -0.508 e. The number of amides is 1. The molecular formula is C16H11N3O4S. The van der Waals surface area contributed by atoms with Crippen molar-refractivity contribution in [1.82, 2.24) is 10.3 Å². The van der Waals surface area contributed by atoms with Crippen LogP contribution in [0.5, 0.6) is 5.75 Å². The van der Waals surface area contributed by atoms with Gasteiger partial charge in [0.25, 0.3) is 5.91 Å². The Morgan fingerprint density at radius 3 is 2.88 bits per heavy atom. The lowest BCUT2D eigenvalue weighted by Crippen LogP contribution is -2.19. The van der Waals surface area contributed by atoms with E-state index in [0.717, 1.165) is 23.4 Å². The van der Waals surface area contributed by atoms with Crippen LogP contribution in [0.4, 0.5) is 5.69 Å². The Morgan fingerprint density at radius 2 is 2.17 bits per heavy atom. The Bertz CT molecular complexity index is 878. The standard InChI is InChI=1S/C16H11N3O4S/c20-10-3-4-12(11(7-10)15(22)23)18-16-19-14(21)13(24-16)6-9-2-1-5-17-8-9/h1-8,20H,(H,22,23)(H,18,19,21)/b13-6-. The molecule has 3 rings (SSSR count). The maximum Gasteiger partial charge on any atom is 0.338 e. The number of aromatic hydroxyl groups is 1. The molecule has 24 heavy (non-hydrogen) atoms. The SMILES string of the molecule is O=C1NC(=Nc2ccc(O)cc2C(=O)O)S/C1=C\c1cccnc1. The van der Waals surface area contributed by atoms with Crippen LogP contribution in [0, 0.1) is 0 Å². The van der Waals surface area contributed by atoms with Gasteiger partial charge < -0.3 is 15.5 Å². The number of rotatable bonds is 3. The zero-order valence-corrected chi connectivity index (χ0v) is 12.9. The number of hydrogen-bond acceptors (Lipinski definition) is 6. The predicted octanol–water partition coefficient (Wildman–Crippen LogP) is 2.38. The number of amidine groups is 1. The topological polar surface area (TPSA) is 112 Å². The van der Waals surface area contributed by atoms with Gasteiger partial charge in [-0.05, 0) is 47.7 Å². The van der Waals surface area contributed by atoms with Gasteiger partial charge >= 0.3 is 5.97 Å². The van der Waals surface area contributed by atoms with Gasteiger partial charge in [0.15, 0.2) is 5.17 Å². The number of nitrogens with one attached hydrogen (secondary N) is 1. The Labute approximate surface area is 140 Å². The molecule has 0 aliphatic carbocycles. The summed E-state index contributed by atoms with van der Waals surface area (Å²) in [5.41, 5.74) is 0.764. The van der Waals surface area contributed by atoms with Crippen LogP contribution in [0.3, 0.4) is 0 Å². The highest BCUT2D eigenvalue weighted by Gasteiger charge is 2.24. The van der Waals surface area contributed by atoms with E-state index in [4.69, 9.17) is 5.11 Å². The van der Waals surface area contributed by atoms with Gasteiger partial charge in [-0.25, -0.2) is 9.79 Å². The van der Waals surface area contributed by atoms with Gasteiger partial charge in [0.2, 0.25) is 0 Å². The van der Waals surface area contributed by atoms with Crippen LogP contribution in [0.2, 0.25) is 0 Å². The number of benzene rings is 1. The molecule has 1 amide bonds. The summed E-state index contributed by atoms with van der Waals surface area (Å²) in [6.45, 7) is 0. The first kappa shape index (κ1) is 15.8. The highest BCUT2D eigenvalue weighted by molar-refractivity contribution is 8.18. The normalized spacial score (nSPS) is 17.2. The van der Waals surface area contributed by atoms with E-state index in [9.17, 15) is 14.7 Å². The average Bonchev–Trinajstić information content (AvgIpc) is 2.89. The quantitative estimate of drug-likeness (QED) is 0.739. The highest BCUT2D eigenvalue weighted by atomic mass is 32.2. The molecule has 3 N–H and O–H groups in total. The van der Waals surface area contributed by atoms with Gasteiger partial charge in [0, 0.05) is 12.4 Å². The molecule has 1 aromatic heterocycles. The van der Waals surface area contributed by atoms with Crippen LogP contribution in [-0.4, -0.2) is 32.2 Å². The number of phenols is 1. The van der Waals surface area contributed by atoms with Crippen LogP contribution in [0.15, 0.2) is 52.6 Å². The third-order valence-corrected chi connectivity index (χ3v) is 3.98. The Balaban J connectivity index is 1.90. The summed E-state index contributed by atoms with van der Waals surface area (Å²) in [5.74, 6) is -1.71. The summed E-state index contributed by atoms with van der Waals surface area (Å²) >= 11 is 1.10. The lowest BCUT2D eigenvalue weighted by atomic mass is 10.2. The molecule has 0 saturated carbocycles. The first-order valence-corrected chi connectivity index (χ1v) is 7.60. The minimum absolute atomic E-state index is 0.144. The van der Waals surface area contributed by atoms with Gasteiger partial charge in [-0.2, -0.15) is 0 Å². The van der Waals surface area contributed by atoms with Crippen LogP contribution < -0.4 is 5.32 Å². The van der Waals surface area contributed by atoms with Crippen molar-refractivity contribution in [3.8, 4) is 5.75 Å². The Kier molecular flexibility index (Phi) is 4.30. The molecule has 0 unspecified atom stereocenters. The fourth-order valence-electron chi connectivity index (χ4n) is 2.00. The molecule has 1 aliphatic heterocycles. The molecule has 1 aromatic carbocycles. The van der Waals surface area contributed by atoms with E-state index in [1.54, 1.807) is 24.5 Å². The van der Waals surface area contributed by atoms with Crippen molar-refractivity contribution in [1.29, 1.82) is 0 Å². The van der Waals surface area contributed by atoms with Crippen molar-refractivity contribution >= 4 is 40.6 Å². The summed E-state index contributed by atoms with van der Waals surface area (Å²) in [7, 11) is 0. The third-order valence-electron chi connectivity index (χ3n) is 3.07. The molecule has 1 fully saturated rings. The van der Waals surface area contributed by atoms with Crippen LogP contribution in [0.25, 0.3) is 6.08 Å². The molecule has 1 saturated heterocycles. The Morgan fingerprint density at radius 1 is 1.33 bits per heavy atom. The predicted molar refractivity (Wildman–Crippen MR) is 90.1 cm³/mol. The van der Waals surface area contributed by atoms with Crippen LogP contribution >= 0.6 is 11.8 Å². The molecule has 2 aromatic rings. The zero-order valence-electron chi connectivity index (χ0n) is 12.1. The Hall–Kier alpha value is -3.13. The highest BCUT2D eigenvalue weighted by Crippen LogP contribution is 2.30. The number of hydrogen-bond donors (Lipinski definition) is 3. The number of aromatic nitrogens is 1. The van der Waals surface area contributed by atoms with Gasteiger partial charge in [0.1, 0.15) is 5.75 Å². The molecular weight excluding hydrogens is 330 g/mol. The van der Waals surface area contributed by atoms with E-state index in [0.29, 0.717) is 4.91 Å². The van der Waals surface area contributed by atoms with Crippen LogP contribution in [-0.2, 0) is 4.79 Å². The van der Waals surface area contributed by atoms with Crippen molar-refractivity contribution < 1.29 is 19.8 Å². The molecule has 0 bridgehead atoms. The summed E-state index contributed by atoms with van der Waals surface area (Å²) in [6, 6.07) is 7.39. The fourth-order valence-corrected chi connectivity index (χ4v) is 2.83. The van der Waals surface area contributed by atoms with Gasteiger partial charge in [-0.3, -0.25) is 9.78 Å². The van der Waals surface area contributed by atoms with Crippen molar-refractivity contribution in [2.75, 3.05) is 0 Å². The molecule has 120 valence electrons. The molecule has 0 spiro atoms. The van der Waals surface area contributed by atoms with Crippen molar-refractivity contribution in [2.45, 2.75) is 0 Å². The van der Waals surface area contributed by atoms with Gasteiger partial charge in [0.05, 0.1) is 16.2 Å². The van der Waals surface area contributed by atoms with Gasteiger partial charge in [-0.1, -0.05) is 6.07 Å². The van der Waals surface area contributed by atoms with Crippen LogP contribution in [0.1, 0.15) is 15.9 Å². The molecule has 0 radical (unpaired) electrons. The maximum absolute atomic E-state index is 12.0. The molecule has 1 aliphatic rings. The lowest BCUT2D eigenvalue weighted by Gasteiger charge is -2.02. The van der Waals surface area contributed by atoms with E-state index >= 15 is 0 Å². The monoisotopic (exact) mass is 341 g/mol. The van der Waals surface area contributed by atoms with Gasteiger partial charge in [-0.15, -0.1) is 0 Å². The number of pyridine rings is 1. The number of aromatic carboxylic acids is 1. The van der Waals surface area contributed by atoms with E-state index in [-0.39, 0.29) is 28.1 Å². The minimum atomic E-state index is -1.22. The molecule has 0 atom stereocenters. The smallest absolute Gasteiger partial charge is 0.338 e. The zero-order chi connectivity index (χ0) is 17.1. The van der Waals surface area contributed by atoms with E-state index in [1.807, 2.05) is 6.07 Å². The summed E-state index contributed by atoms with van der Waals surface area (Å²) in [6.07, 6.45) is 4.93.